The topological polar surface area (TPSA) is 37.4 Å². The average molecular weight is 376 g/mol. The fourth-order valence-corrected chi connectivity index (χ4v) is 5.13. The number of aryl methyl sites for hydroxylation is 1. The van der Waals surface area contributed by atoms with Crippen LogP contribution >= 0.6 is 0 Å². The quantitative estimate of drug-likeness (QED) is 0.707. The highest BCUT2D eigenvalue weighted by molar-refractivity contribution is 5.97. The number of carbonyl (C=O) groups excluding carboxylic acids is 2. The number of hydrogen-bond acceptors (Lipinski definition) is 2. The SMILES string of the molecule is CC(C)C(=O)c1ccc(-c2ccc3c(c2)CC[C@H]2N(C)C(=O)CC[C@]32C)cc1. The number of carbonyl (C=O) groups is 2. The van der Waals surface area contributed by atoms with Crippen LogP contribution < -0.4 is 0 Å². The van der Waals surface area contributed by atoms with Crippen molar-refractivity contribution in [2.75, 3.05) is 7.05 Å². The number of Topliss-reactive ketones (excluding diaryl/α,β-unsaturated/α-hetero) is 1. The van der Waals surface area contributed by atoms with E-state index >= 15 is 0 Å². The number of benzene rings is 2. The third kappa shape index (κ3) is 2.97. The smallest absolute Gasteiger partial charge is 0.222 e. The summed E-state index contributed by atoms with van der Waals surface area (Å²) in [7, 11) is 1.96. The molecule has 1 amide bonds. The lowest BCUT2D eigenvalue weighted by Crippen LogP contribution is -2.56. The molecule has 146 valence electrons. The van der Waals surface area contributed by atoms with Gasteiger partial charge >= 0.3 is 0 Å². The van der Waals surface area contributed by atoms with Gasteiger partial charge < -0.3 is 4.90 Å². The van der Waals surface area contributed by atoms with Crippen LogP contribution in [0.15, 0.2) is 42.5 Å². The molecule has 2 aliphatic rings. The molecule has 1 aliphatic heterocycles. The average Bonchev–Trinajstić information content (AvgIpc) is 2.70. The van der Waals surface area contributed by atoms with Gasteiger partial charge in [-0.2, -0.15) is 0 Å². The molecular weight excluding hydrogens is 346 g/mol. The fourth-order valence-electron chi connectivity index (χ4n) is 5.13. The van der Waals surface area contributed by atoms with E-state index in [1.165, 1.54) is 16.7 Å². The number of fused-ring (bicyclic) bond motifs is 3. The molecule has 3 nitrogen and oxygen atoms in total. The Hall–Kier alpha value is -2.42. The maximum Gasteiger partial charge on any atom is 0.222 e. The van der Waals surface area contributed by atoms with E-state index in [0.29, 0.717) is 12.5 Å². The third-order valence-corrected chi connectivity index (χ3v) is 6.89. The Morgan fingerprint density at radius 3 is 2.43 bits per heavy atom. The standard InChI is InChI=1S/C25H29NO2/c1-16(2)24(28)18-7-5-17(6-8-18)19-9-11-21-20(15-19)10-12-22-25(21,3)14-13-23(27)26(22)4/h5-9,11,15-16,22H,10,12-14H2,1-4H3/t22-,25-/m1/s1. The second-order valence-electron chi connectivity index (χ2n) is 8.94. The summed E-state index contributed by atoms with van der Waals surface area (Å²) in [6.45, 7) is 6.19. The Kier molecular flexibility index (Phi) is 4.65. The summed E-state index contributed by atoms with van der Waals surface area (Å²) in [5, 5.41) is 0. The highest BCUT2D eigenvalue weighted by Crippen LogP contribution is 2.46. The minimum absolute atomic E-state index is 0.0174. The highest BCUT2D eigenvalue weighted by atomic mass is 16.2. The maximum atomic E-state index is 12.2. The van der Waals surface area contributed by atoms with Gasteiger partial charge in [0.15, 0.2) is 5.78 Å². The van der Waals surface area contributed by atoms with Crippen LogP contribution in [0.5, 0.6) is 0 Å². The summed E-state index contributed by atoms with van der Waals surface area (Å²) >= 11 is 0. The first-order chi connectivity index (χ1) is 13.3. The van der Waals surface area contributed by atoms with Crippen molar-refractivity contribution in [1.82, 2.24) is 4.90 Å². The fraction of sp³-hybridized carbons (Fsp3) is 0.440. The van der Waals surface area contributed by atoms with E-state index in [1.807, 2.05) is 37.9 Å². The minimum atomic E-state index is 0.0174. The molecule has 1 aliphatic carbocycles. The molecule has 2 aromatic rings. The van der Waals surface area contributed by atoms with E-state index < -0.39 is 0 Å². The van der Waals surface area contributed by atoms with Crippen molar-refractivity contribution in [1.29, 1.82) is 0 Å². The zero-order valence-electron chi connectivity index (χ0n) is 17.3. The molecule has 0 aromatic heterocycles. The first-order valence-corrected chi connectivity index (χ1v) is 10.3. The molecule has 0 spiro atoms. The normalized spacial score (nSPS) is 24.1. The van der Waals surface area contributed by atoms with Crippen LogP contribution in [0, 0.1) is 5.92 Å². The van der Waals surface area contributed by atoms with Crippen LogP contribution in [0.2, 0.25) is 0 Å². The van der Waals surface area contributed by atoms with Crippen LogP contribution in [0.25, 0.3) is 11.1 Å². The lowest BCUT2D eigenvalue weighted by atomic mass is 9.63. The van der Waals surface area contributed by atoms with Gasteiger partial charge in [-0.25, -0.2) is 0 Å². The van der Waals surface area contributed by atoms with E-state index in [0.717, 1.165) is 30.4 Å². The molecule has 0 bridgehead atoms. The number of nitrogens with zero attached hydrogens (tertiary/aromatic N) is 1. The van der Waals surface area contributed by atoms with Crippen LogP contribution in [-0.2, 0) is 16.6 Å². The van der Waals surface area contributed by atoms with E-state index in [4.69, 9.17) is 0 Å². The summed E-state index contributed by atoms with van der Waals surface area (Å²) in [5.41, 5.74) is 5.97. The molecule has 0 radical (unpaired) electrons. The summed E-state index contributed by atoms with van der Waals surface area (Å²) in [6.07, 6.45) is 3.59. The molecule has 3 heteroatoms. The number of likely N-dealkylation sites (tertiary alicyclic amines) is 1. The third-order valence-electron chi connectivity index (χ3n) is 6.89. The van der Waals surface area contributed by atoms with Gasteiger partial charge in [0.05, 0.1) is 0 Å². The molecule has 0 N–H and O–H groups in total. The van der Waals surface area contributed by atoms with Crippen molar-refractivity contribution in [2.45, 2.75) is 57.9 Å². The number of likely N-dealkylation sites (N-methyl/N-ethyl adjacent to an activating group) is 1. The largest absolute Gasteiger partial charge is 0.342 e. The Labute approximate surface area is 167 Å². The zero-order chi connectivity index (χ0) is 20.1. The maximum absolute atomic E-state index is 12.2. The molecular formula is C25H29NO2. The highest BCUT2D eigenvalue weighted by Gasteiger charge is 2.46. The lowest BCUT2D eigenvalue weighted by molar-refractivity contribution is -0.138. The van der Waals surface area contributed by atoms with Crippen molar-refractivity contribution in [3.05, 3.63) is 59.2 Å². The molecule has 28 heavy (non-hydrogen) atoms. The van der Waals surface area contributed by atoms with Gasteiger partial charge in [0.1, 0.15) is 0 Å². The molecule has 1 fully saturated rings. The summed E-state index contributed by atoms with van der Waals surface area (Å²) < 4.78 is 0. The number of hydrogen-bond donors (Lipinski definition) is 0. The predicted molar refractivity (Wildman–Crippen MR) is 113 cm³/mol. The van der Waals surface area contributed by atoms with Gasteiger partial charge in [-0.1, -0.05) is 63.2 Å². The molecule has 0 saturated carbocycles. The van der Waals surface area contributed by atoms with Crippen molar-refractivity contribution < 1.29 is 9.59 Å². The van der Waals surface area contributed by atoms with Crippen molar-refractivity contribution in [3.63, 3.8) is 0 Å². The zero-order valence-corrected chi connectivity index (χ0v) is 17.3. The van der Waals surface area contributed by atoms with E-state index in [1.54, 1.807) is 0 Å². The van der Waals surface area contributed by atoms with Crippen molar-refractivity contribution in [3.8, 4) is 11.1 Å². The van der Waals surface area contributed by atoms with Gasteiger partial charge in [-0.3, -0.25) is 9.59 Å². The molecule has 4 rings (SSSR count). The van der Waals surface area contributed by atoms with Crippen LogP contribution in [0.3, 0.4) is 0 Å². The van der Waals surface area contributed by atoms with Gasteiger partial charge in [0.2, 0.25) is 5.91 Å². The van der Waals surface area contributed by atoms with Gasteiger partial charge in [0, 0.05) is 36.4 Å². The summed E-state index contributed by atoms with van der Waals surface area (Å²) in [4.78, 5) is 26.3. The first kappa shape index (κ1) is 18.9. The molecule has 0 unspecified atom stereocenters. The van der Waals surface area contributed by atoms with Crippen molar-refractivity contribution in [2.24, 2.45) is 5.92 Å². The summed E-state index contributed by atoms with van der Waals surface area (Å²) in [6, 6.07) is 15.1. The monoisotopic (exact) mass is 375 g/mol. The second kappa shape index (κ2) is 6.88. The number of piperidine rings is 1. The van der Waals surface area contributed by atoms with E-state index in [9.17, 15) is 9.59 Å². The van der Waals surface area contributed by atoms with E-state index in [-0.39, 0.29) is 23.0 Å². The van der Waals surface area contributed by atoms with Gasteiger partial charge in [-0.15, -0.1) is 0 Å². The molecule has 2 aromatic carbocycles. The Morgan fingerprint density at radius 2 is 1.75 bits per heavy atom. The van der Waals surface area contributed by atoms with Gasteiger partial charge in [-0.05, 0) is 41.5 Å². The molecule has 2 atom stereocenters. The van der Waals surface area contributed by atoms with Crippen LogP contribution in [-0.4, -0.2) is 29.7 Å². The van der Waals surface area contributed by atoms with E-state index in [2.05, 4.69) is 37.3 Å². The lowest BCUT2D eigenvalue weighted by Gasteiger charge is -2.50. The van der Waals surface area contributed by atoms with Crippen molar-refractivity contribution >= 4 is 11.7 Å². The second-order valence-corrected chi connectivity index (χ2v) is 8.94. The Balaban J connectivity index is 1.66. The minimum Gasteiger partial charge on any atom is -0.342 e. The predicted octanol–water partition coefficient (Wildman–Crippen LogP) is 5.02. The van der Waals surface area contributed by atoms with Gasteiger partial charge in [0.25, 0.3) is 0 Å². The number of ketones is 1. The molecule has 1 saturated heterocycles. The number of amides is 1. The Bertz CT molecular complexity index is 928. The van der Waals surface area contributed by atoms with Crippen LogP contribution in [0.4, 0.5) is 0 Å². The summed E-state index contributed by atoms with van der Waals surface area (Å²) in [5.74, 6) is 0.481. The first-order valence-electron chi connectivity index (χ1n) is 10.3. The van der Waals surface area contributed by atoms with Crippen LogP contribution in [0.1, 0.15) is 61.5 Å². The number of rotatable bonds is 3. The molecule has 1 heterocycles. The Morgan fingerprint density at radius 1 is 1.07 bits per heavy atom.